The van der Waals surface area contributed by atoms with Gasteiger partial charge in [-0.25, -0.2) is 19.7 Å². The first-order valence-corrected chi connectivity index (χ1v) is 17.5. The van der Waals surface area contributed by atoms with Crippen molar-refractivity contribution in [3.8, 4) is 56.4 Å². The van der Waals surface area contributed by atoms with Crippen LogP contribution in [0.25, 0.3) is 100 Å². The lowest BCUT2D eigenvalue weighted by Crippen LogP contribution is -2.19. The number of aryl methyl sites for hydroxylation is 2. The molecule has 0 aliphatic heterocycles. The van der Waals surface area contributed by atoms with Gasteiger partial charge in [-0.05, 0) is 64.0 Å². The first kappa shape index (κ1) is 30.7. The number of nitrogens with zero attached hydrogens (tertiary/aromatic N) is 5. The van der Waals surface area contributed by atoms with Crippen LogP contribution in [0.5, 0.6) is 0 Å². The summed E-state index contributed by atoms with van der Waals surface area (Å²) in [5.74, 6) is 1.78. The van der Waals surface area contributed by atoms with Gasteiger partial charge in [0.2, 0.25) is 0 Å². The first-order chi connectivity index (χ1) is 26.0. The Kier molecular flexibility index (Phi) is 6.94. The Morgan fingerprint density at radius 1 is 0.434 bits per heavy atom. The van der Waals surface area contributed by atoms with E-state index in [0.29, 0.717) is 17.5 Å². The normalized spacial score (nSPS) is 11.7. The van der Waals surface area contributed by atoms with Gasteiger partial charge in [0.1, 0.15) is 11.2 Å². The molecular weight excluding hydrogens is 655 g/mol. The van der Waals surface area contributed by atoms with Crippen molar-refractivity contribution in [1.82, 2.24) is 24.1 Å². The summed E-state index contributed by atoms with van der Waals surface area (Å²) in [6.45, 7) is 0. The Labute approximate surface area is 304 Å². The van der Waals surface area contributed by atoms with Crippen LogP contribution >= 0.6 is 0 Å². The lowest BCUT2D eigenvalue weighted by atomic mass is 10.0. The van der Waals surface area contributed by atoms with Crippen LogP contribution in [0.15, 0.2) is 161 Å². The quantitative estimate of drug-likeness (QED) is 0.180. The van der Waals surface area contributed by atoms with Crippen molar-refractivity contribution >= 4 is 43.7 Å². The molecule has 53 heavy (non-hydrogen) atoms. The number of rotatable bonds is 5. The number of furan rings is 1. The molecular formula is C46H31N5O2. The summed E-state index contributed by atoms with van der Waals surface area (Å²) in [5, 5.41) is 4.49. The third-order valence-corrected chi connectivity index (χ3v) is 10.2. The van der Waals surface area contributed by atoms with Crippen molar-refractivity contribution in [2.24, 2.45) is 14.1 Å². The molecule has 10 aromatic rings. The molecule has 10 rings (SSSR count). The van der Waals surface area contributed by atoms with E-state index in [0.717, 1.165) is 77.3 Å². The Bertz CT molecular complexity index is 3100. The summed E-state index contributed by atoms with van der Waals surface area (Å²) in [5.41, 5.74) is 10.4. The molecule has 0 saturated carbocycles. The molecule has 0 spiro atoms. The number of imidazole rings is 1. The van der Waals surface area contributed by atoms with Crippen molar-refractivity contribution in [2.45, 2.75) is 0 Å². The largest absolute Gasteiger partial charge is 0.455 e. The van der Waals surface area contributed by atoms with Crippen LogP contribution in [-0.4, -0.2) is 24.1 Å². The first-order valence-electron chi connectivity index (χ1n) is 17.5. The maximum absolute atomic E-state index is 12.6. The Balaban J connectivity index is 1.04. The molecule has 252 valence electrons. The SMILES string of the molecule is Cn1c(=O)n(C)c2cc(-c3cccc(-c4nc(-c5ccccc5)nc(-c5ccc(-c6ccc7oc8c9ccccc9ccc8c7c6)cc5)n4)c3)ccc21. The van der Waals surface area contributed by atoms with Gasteiger partial charge in [-0.2, -0.15) is 0 Å². The molecule has 7 aromatic carbocycles. The van der Waals surface area contributed by atoms with Crippen molar-refractivity contribution in [3.63, 3.8) is 0 Å². The molecule has 0 aliphatic rings. The zero-order chi connectivity index (χ0) is 35.6. The van der Waals surface area contributed by atoms with Gasteiger partial charge < -0.3 is 4.42 Å². The molecule has 0 radical (unpaired) electrons. The molecule has 0 amide bonds. The predicted octanol–water partition coefficient (Wildman–Crippen LogP) is 10.4. The highest BCUT2D eigenvalue weighted by molar-refractivity contribution is 6.15. The highest BCUT2D eigenvalue weighted by Crippen LogP contribution is 2.37. The zero-order valence-electron chi connectivity index (χ0n) is 29.0. The second-order valence-corrected chi connectivity index (χ2v) is 13.4. The zero-order valence-corrected chi connectivity index (χ0v) is 29.0. The number of hydrogen-bond acceptors (Lipinski definition) is 5. The summed E-state index contributed by atoms with van der Waals surface area (Å²) < 4.78 is 9.70. The standard InChI is InChI=1S/C46H31N5O2/c1-50-39-23-20-34(27-40(39)51(2)46(50)52)32-12-8-13-35(25-32)45-48-43(30-10-4-3-5-11-30)47-44(49-45)31-17-15-28(16-18-31)33-21-24-41-38(26-33)37-22-19-29-9-6-7-14-36(29)42(37)53-41/h3-27H,1-2H3. The van der Waals surface area contributed by atoms with E-state index in [1.807, 2.05) is 54.6 Å². The molecule has 0 fully saturated rings. The second-order valence-electron chi connectivity index (χ2n) is 13.4. The van der Waals surface area contributed by atoms with Crippen LogP contribution < -0.4 is 5.69 Å². The molecule has 3 heterocycles. The van der Waals surface area contributed by atoms with E-state index in [1.165, 1.54) is 5.39 Å². The van der Waals surface area contributed by atoms with E-state index < -0.39 is 0 Å². The predicted molar refractivity (Wildman–Crippen MR) is 214 cm³/mol. The molecule has 0 unspecified atom stereocenters. The average Bonchev–Trinajstić information content (AvgIpc) is 3.71. The maximum Gasteiger partial charge on any atom is 0.328 e. The Morgan fingerprint density at radius 3 is 1.83 bits per heavy atom. The van der Waals surface area contributed by atoms with Crippen LogP contribution in [0.3, 0.4) is 0 Å². The van der Waals surface area contributed by atoms with E-state index in [1.54, 1.807) is 23.2 Å². The minimum Gasteiger partial charge on any atom is -0.455 e. The van der Waals surface area contributed by atoms with Gasteiger partial charge >= 0.3 is 5.69 Å². The highest BCUT2D eigenvalue weighted by atomic mass is 16.3. The van der Waals surface area contributed by atoms with Gasteiger partial charge in [-0.3, -0.25) is 9.13 Å². The van der Waals surface area contributed by atoms with Gasteiger partial charge in [-0.15, -0.1) is 0 Å². The number of fused-ring (bicyclic) bond motifs is 6. The molecule has 0 bridgehead atoms. The fourth-order valence-corrected chi connectivity index (χ4v) is 7.37. The summed E-state index contributed by atoms with van der Waals surface area (Å²) >= 11 is 0. The summed E-state index contributed by atoms with van der Waals surface area (Å²) in [7, 11) is 3.60. The van der Waals surface area contributed by atoms with Gasteiger partial charge in [0.05, 0.1) is 11.0 Å². The van der Waals surface area contributed by atoms with Crippen LogP contribution in [0.4, 0.5) is 0 Å². The molecule has 0 atom stereocenters. The van der Waals surface area contributed by atoms with Crippen LogP contribution in [0.2, 0.25) is 0 Å². The molecule has 0 aliphatic carbocycles. The van der Waals surface area contributed by atoms with E-state index in [9.17, 15) is 4.79 Å². The molecule has 0 saturated heterocycles. The highest BCUT2D eigenvalue weighted by Gasteiger charge is 2.16. The minimum atomic E-state index is -0.0495. The molecule has 3 aromatic heterocycles. The fourth-order valence-electron chi connectivity index (χ4n) is 7.37. The number of aromatic nitrogens is 5. The Morgan fingerprint density at radius 2 is 1.02 bits per heavy atom. The van der Waals surface area contributed by atoms with Gasteiger partial charge in [0.25, 0.3) is 0 Å². The number of hydrogen-bond donors (Lipinski definition) is 0. The van der Waals surface area contributed by atoms with Gasteiger partial charge in [0, 0.05) is 46.9 Å². The van der Waals surface area contributed by atoms with Crippen molar-refractivity contribution < 1.29 is 4.42 Å². The summed E-state index contributed by atoms with van der Waals surface area (Å²) in [4.78, 5) is 27.5. The maximum atomic E-state index is 12.6. The minimum absolute atomic E-state index is 0.0495. The van der Waals surface area contributed by atoms with E-state index in [4.69, 9.17) is 19.4 Å². The van der Waals surface area contributed by atoms with Crippen LogP contribution in [0.1, 0.15) is 0 Å². The second kappa shape index (κ2) is 12.0. The van der Waals surface area contributed by atoms with Gasteiger partial charge in [0.15, 0.2) is 17.5 Å². The Hall–Kier alpha value is -7.12. The van der Waals surface area contributed by atoms with Crippen LogP contribution in [-0.2, 0) is 14.1 Å². The summed E-state index contributed by atoms with van der Waals surface area (Å²) in [6.07, 6.45) is 0. The van der Waals surface area contributed by atoms with E-state index in [2.05, 4.69) is 97.1 Å². The smallest absolute Gasteiger partial charge is 0.328 e. The van der Waals surface area contributed by atoms with E-state index in [-0.39, 0.29) is 5.69 Å². The third kappa shape index (κ3) is 5.13. The molecule has 7 nitrogen and oxygen atoms in total. The molecule has 0 N–H and O–H groups in total. The lowest BCUT2D eigenvalue weighted by molar-refractivity contribution is 0.672. The topological polar surface area (TPSA) is 78.7 Å². The van der Waals surface area contributed by atoms with E-state index >= 15 is 0 Å². The van der Waals surface area contributed by atoms with Crippen molar-refractivity contribution in [1.29, 1.82) is 0 Å². The molecule has 7 heteroatoms. The monoisotopic (exact) mass is 685 g/mol. The van der Waals surface area contributed by atoms with Gasteiger partial charge in [-0.1, -0.05) is 115 Å². The van der Waals surface area contributed by atoms with Crippen LogP contribution in [0, 0.1) is 0 Å². The lowest BCUT2D eigenvalue weighted by Gasteiger charge is -2.10. The van der Waals surface area contributed by atoms with Crippen molar-refractivity contribution in [3.05, 3.63) is 162 Å². The fraction of sp³-hybridized carbons (Fsp3) is 0.0435. The summed E-state index contributed by atoms with van der Waals surface area (Å²) in [6, 6.07) is 51.7. The average molecular weight is 686 g/mol. The number of benzene rings is 7. The third-order valence-electron chi connectivity index (χ3n) is 10.2. The van der Waals surface area contributed by atoms with Crippen molar-refractivity contribution in [2.75, 3.05) is 0 Å².